The van der Waals surface area contributed by atoms with Gasteiger partial charge in [-0.3, -0.25) is 9.59 Å². The fourth-order valence-corrected chi connectivity index (χ4v) is 1.02. The summed E-state index contributed by atoms with van der Waals surface area (Å²) in [4.78, 5) is 24.7. The first-order valence-electron chi connectivity index (χ1n) is 6.09. The predicted molar refractivity (Wildman–Crippen MR) is 73.2 cm³/mol. The number of carbonyl (C=O) groups is 2. The van der Waals surface area contributed by atoms with Gasteiger partial charge in [0.25, 0.3) is 0 Å². The lowest BCUT2D eigenvalue weighted by atomic mass is 9.97. The molecule has 0 aliphatic carbocycles. The van der Waals surface area contributed by atoms with Crippen LogP contribution in [-0.2, 0) is 9.59 Å². The SMILES string of the molecule is CN(C)CCNC(=O)/C=C/C(=O)NCC(C)(C)C. The minimum Gasteiger partial charge on any atom is -0.352 e. The van der Waals surface area contributed by atoms with Crippen molar-refractivity contribution in [3.63, 3.8) is 0 Å². The Labute approximate surface area is 110 Å². The number of rotatable bonds is 6. The molecule has 104 valence electrons. The van der Waals surface area contributed by atoms with Gasteiger partial charge in [-0.05, 0) is 19.5 Å². The average Bonchev–Trinajstić information content (AvgIpc) is 2.22. The van der Waals surface area contributed by atoms with E-state index in [0.717, 1.165) is 6.54 Å². The van der Waals surface area contributed by atoms with Crippen LogP contribution in [0.5, 0.6) is 0 Å². The Kier molecular flexibility index (Phi) is 7.27. The maximum Gasteiger partial charge on any atom is 0.244 e. The number of nitrogens with one attached hydrogen (secondary N) is 2. The average molecular weight is 255 g/mol. The van der Waals surface area contributed by atoms with Crippen molar-refractivity contribution >= 4 is 11.8 Å². The maximum atomic E-state index is 11.4. The second-order valence-corrected chi connectivity index (χ2v) is 5.71. The van der Waals surface area contributed by atoms with Crippen LogP contribution in [0.1, 0.15) is 20.8 Å². The van der Waals surface area contributed by atoms with Gasteiger partial charge < -0.3 is 15.5 Å². The molecule has 0 aliphatic heterocycles. The van der Waals surface area contributed by atoms with Crippen molar-refractivity contribution in [3.05, 3.63) is 12.2 Å². The van der Waals surface area contributed by atoms with E-state index in [4.69, 9.17) is 0 Å². The normalized spacial score (nSPS) is 11.9. The van der Waals surface area contributed by atoms with E-state index in [2.05, 4.69) is 10.6 Å². The van der Waals surface area contributed by atoms with Gasteiger partial charge in [-0.15, -0.1) is 0 Å². The lowest BCUT2D eigenvalue weighted by Crippen LogP contribution is -2.32. The molecule has 18 heavy (non-hydrogen) atoms. The Morgan fingerprint density at radius 3 is 2.00 bits per heavy atom. The molecular weight excluding hydrogens is 230 g/mol. The van der Waals surface area contributed by atoms with Crippen LogP contribution in [0, 0.1) is 5.41 Å². The fraction of sp³-hybridized carbons (Fsp3) is 0.692. The summed E-state index contributed by atoms with van der Waals surface area (Å²) < 4.78 is 0. The van der Waals surface area contributed by atoms with Crippen molar-refractivity contribution in [2.45, 2.75) is 20.8 Å². The molecule has 5 heteroatoms. The second-order valence-electron chi connectivity index (χ2n) is 5.71. The smallest absolute Gasteiger partial charge is 0.244 e. The van der Waals surface area contributed by atoms with Gasteiger partial charge in [-0.25, -0.2) is 0 Å². The molecule has 0 atom stereocenters. The first kappa shape index (κ1) is 16.6. The monoisotopic (exact) mass is 255 g/mol. The molecule has 0 heterocycles. The zero-order valence-electron chi connectivity index (χ0n) is 12.0. The number of nitrogens with zero attached hydrogens (tertiary/aromatic N) is 1. The highest BCUT2D eigenvalue weighted by molar-refractivity contribution is 5.96. The zero-order valence-corrected chi connectivity index (χ0v) is 12.0. The van der Waals surface area contributed by atoms with Crippen LogP contribution >= 0.6 is 0 Å². The van der Waals surface area contributed by atoms with Crippen LogP contribution < -0.4 is 10.6 Å². The van der Waals surface area contributed by atoms with Crippen molar-refractivity contribution in [1.82, 2.24) is 15.5 Å². The van der Waals surface area contributed by atoms with E-state index in [9.17, 15) is 9.59 Å². The summed E-state index contributed by atoms with van der Waals surface area (Å²) >= 11 is 0. The lowest BCUT2D eigenvalue weighted by Gasteiger charge is -2.17. The van der Waals surface area contributed by atoms with E-state index in [1.54, 1.807) is 0 Å². The Bertz CT molecular complexity index is 304. The molecule has 0 unspecified atom stereocenters. The molecule has 0 saturated heterocycles. The molecule has 0 spiro atoms. The van der Waals surface area contributed by atoms with Crippen molar-refractivity contribution in [2.24, 2.45) is 5.41 Å². The van der Waals surface area contributed by atoms with Gasteiger partial charge in [0.15, 0.2) is 0 Å². The van der Waals surface area contributed by atoms with E-state index in [-0.39, 0.29) is 17.2 Å². The van der Waals surface area contributed by atoms with Gasteiger partial charge in [-0.2, -0.15) is 0 Å². The van der Waals surface area contributed by atoms with E-state index < -0.39 is 0 Å². The van der Waals surface area contributed by atoms with Gasteiger partial charge in [-0.1, -0.05) is 20.8 Å². The van der Waals surface area contributed by atoms with Gasteiger partial charge in [0.1, 0.15) is 0 Å². The maximum absolute atomic E-state index is 11.4. The number of amides is 2. The molecule has 0 aromatic carbocycles. The second kappa shape index (κ2) is 7.87. The third kappa shape index (κ3) is 11.1. The van der Waals surface area contributed by atoms with Gasteiger partial charge in [0.2, 0.25) is 11.8 Å². The van der Waals surface area contributed by atoms with Crippen molar-refractivity contribution in [1.29, 1.82) is 0 Å². The van der Waals surface area contributed by atoms with Crippen LogP contribution in [0.3, 0.4) is 0 Å². The first-order valence-corrected chi connectivity index (χ1v) is 6.09. The lowest BCUT2D eigenvalue weighted by molar-refractivity contribution is -0.118. The molecular formula is C13H25N3O2. The summed E-state index contributed by atoms with van der Waals surface area (Å²) in [6, 6.07) is 0. The van der Waals surface area contributed by atoms with E-state index >= 15 is 0 Å². The first-order chi connectivity index (χ1) is 8.20. The highest BCUT2D eigenvalue weighted by atomic mass is 16.2. The molecule has 0 aromatic rings. The highest BCUT2D eigenvalue weighted by Crippen LogP contribution is 2.09. The molecule has 0 radical (unpaired) electrons. The molecule has 0 saturated carbocycles. The third-order valence-corrected chi connectivity index (χ3v) is 2.04. The van der Waals surface area contributed by atoms with Gasteiger partial charge in [0.05, 0.1) is 0 Å². The highest BCUT2D eigenvalue weighted by Gasteiger charge is 2.10. The summed E-state index contributed by atoms with van der Waals surface area (Å²) in [6.45, 7) is 8.02. The van der Waals surface area contributed by atoms with Crippen LogP contribution in [0.25, 0.3) is 0 Å². The summed E-state index contributed by atoms with van der Waals surface area (Å²) in [7, 11) is 3.86. The number of hydrogen-bond acceptors (Lipinski definition) is 3. The van der Waals surface area contributed by atoms with Crippen LogP contribution in [-0.4, -0.2) is 50.4 Å². The minimum atomic E-state index is -0.247. The van der Waals surface area contributed by atoms with E-state index in [1.165, 1.54) is 12.2 Å². The summed E-state index contributed by atoms with van der Waals surface area (Å²) in [5, 5.41) is 5.43. The number of hydrogen-bond donors (Lipinski definition) is 2. The predicted octanol–water partition coefficient (Wildman–Crippen LogP) is 0.383. The van der Waals surface area contributed by atoms with Crippen LogP contribution in [0.2, 0.25) is 0 Å². The molecule has 5 nitrogen and oxygen atoms in total. The van der Waals surface area contributed by atoms with Crippen molar-refractivity contribution < 1.29 is 9.59 Å². The Balaban J connectivity index is 3.85. The summed E-state index contributed by atoms with van der Waals surface area (Å²) in [6.07, 6.45) is 2.52. The quantitative estimate of drug-likeness (QED) is 0.675. The molecule has 0 bridgehead atoms. The van der Waals surface area contributed by atoms with Crippen LogP contribution in [0.4, 0.5) is 0 Å². The molecule has 2 amide bonds. The summed E-state index contributed by atoms with van der Waals surface area (Å²) in [5.74, 6) is -0.490. The van der Waals surface area contributed by atoms with Crippen LogP contribution in [0.15, 0.2) is 12.2 Å². The Morgan fingerprint density at radius 1 is 1.06 bits per heavy atom. The Hall–Kier alpha value is -1.36. The number of likely N-dealkylation sites (N-methyl/N-ethyl adjacent to an activating group) is 1. The molecule has 2 N–H and O–H groups in total. The fourth-order valence-electron chi connectivity index (χ4n) is 1.02. The number of carbonyl (C=O) groups excluding carboxylic acids is 2. The largest absolute Gasteiger partial charge is 0.352 e. The molecule has 0 rings (SSSR count). The molecule has 0 aliphatic rings. The standard InChI is InChI=1S/C13H25N3O2/c1-13(2,3)10-15-12(18)7-6-11(17)14-8-9-16(4)5/h6-7H,8-10H2,1-5H3,(H,14,17)(H,15,18)/b7-6+. The van der Waals surface area contributed by atoms with Crippen molar-refractivity contribution in [3.8, 4) is 0 Å². The summed E-state index contributed by atoms with van der Waals surface area (Å²) in [5.41, 5.74) is 0.0392. The van der Waals surface area contributed by atoms with Gasteiger partial charge >= 0.3 is 0 Å². The molecule has 0 aromatic heterocycles. The van der Waals surface area contributed by atoms with Crippen molar-refractivity contribution in [2.75, 3.05) is 33.7 Å². The Morgan fingerprint density at radius 2 is 1.56 bits per heavy atom. The molecule has 0 fully saturated rings. The zero-order chi connectivity index (χ0) is 14.2. The van der Waals surface area contributed by atoms with E-state index in [1.807, 2.05) is 39.8 Å². The van der Waals surface area contributed by atoms with Gasteiger partial charge in [0, 0.05) is 31.8 Å². The minimum absolute atomic E-state index is 0.0392. The third-order valence-electron chi connectivity index (χ3n) is 2.04. The topological polar surface area (TPSA) is 61.4 Å². The van der Waals surface area contributed by atoms with E-state index in [0.29, 0.717) is 13.1 Å².